The van der Waals surface area contributed by atoms with Crippen molar-refractivity contribution in [1.82, 2.24) is 4.98 Å². The number of hydrogen-bond acceptors (Lipinski definition) is 3. The molecule has 7 heteroatoms. The molecule has 1 amide bonds. The Balaban J connectivity index is 1.49. The summed E-state index contributed by atoms with van der Waals surface area (Å²) in [6, 6.07) is 8.92. The molecule has 1 aliphatic carbocycles. The summed E-state index contributed by atoms with van der Waals surface area (Å²) in [5.74, 6) is -5.32. The lowest BCUT2D eigenvalue weighted by molar-refractivity contribution is -0.121. The van der Waals surface area contributed by atoms with Crippen LogP contribution >= 0.6 is 0 Å². The van der Waals surface area contributed by atoms with Crippen molar-refractivity contribution in [2.75, 3.05) is 11.4 Å². The fraction of sp³-hybridized carbons (Fsp3) is 0.409. The lowest BCUT2D eigenvalue weighted by atomic mass is 9.95. The van der Waals surface area contributed by atoms with Crippen molar-refractivity contribution in [3.8, 4) is 0 Å². The maximum absolute atomic E-state index is 13.3. The number of Topliss-reactive ketones (excluding diaryl/α,β-unsaturated/α-hetero) is 1. The molecular formula is C22H21F3N2O2. The van der Waals surface area contributed by atoms with Gasteiger partial charge in [0.15, 0.2) is 5.78 Å². The molecule has 29 heavy (non-hydrogen) atoms. The van der Waals surface area contributed by atoms with E-state index < -0.39 is 23.6 Å². The van der Waals surface area contributed by atoms with Crippen molar-refractivity contribution in [1.29, 1.82) is 0 Å². The molecule has 0 unspecified atom stereocenters. The number of carbonyl (C=O) groups is 2. The van der Waals surface area contributed by atoms with E-state index in [1.54, 1.807) is 12.1 Å². The first-order valence-corrected chi connectivity index (χ1v) is 9.74. The van der Waals surface area contributed by atoms with E-state index in [-0.39, 0.29) is 24.5 Å². The van der Waals surface area contributed by atoms with Gasteiger partial charge < -0.3 is 4.90 Å². The molecule has 4 rings (SSSR count). The monoisotopic (exact) mass is 402 g/mol. The zero-order valence-corrected chi connectivity index (χ0v) is 16.0. The Labute approximate surface area is 166 Å². The van der Waals surface area contributed by atoms with Crippen LogP contribution in [0.3, 0.4) is 0 Å². The van der Waals surface area contributed by atoms with Crippen molar-refractivity contribution in [3.05, 3.63) is 59.2 Å². The van der Waals surface area contributed by atoms with Gasteiger partial charge in [0.25, 0.3) is 5.92 Å². The number of amides is 1. The topological polar surface area (TPSA) is 50.3 Å². The average molecular weight is 402 g/mol. The van der Waals surface area contributed by atoms with Gasteiger partial charge in [-0.1, -0.05) is 6.92 Å². The standard InChI is InChI=1S/C22H21F3N2O2/c1-13(11-20(28)14-4-6-15(23)7-5-14)17-8-9-19-18(26-17)3-2-10-27(19)21(29)16-12-22(16,24)25/h4-9,13,16H,2-3,10-12H2,1H3/t13-,16-/m0/s1. The van der Waals surface area contributed by atoms with Crippen LogP contribution in [0, 0.1) is 11.7 Å². The number of fused-ring (bicyclic) bond motifs is 1. The molecule has 2 atom stereocenters. The molecular weight excluding hydrogens is 381 g/mol. The van der Waals surface area contributed by atoms with Gasteiger partial charge >= 0.3 is 0 Å². The predicted octanol–water partition coefficient (Wildman–Crippen LogP) is 4.53. The predicted molar refractivity (Wildman–Crippen MR) is 102 cm³/mol. The second-order valence-electron chi connectivity index (χ2n) is 7.85. The Hall–Kier alpha value is -2.70. The van der Waals surface area contributed by atoms with E-state index in [1.807, 2.05) is 6.92 Å². The van der Waals surface area contributed by atoms with Crippen molar-refractivity contribution in [2.45, 2.75) is 44.4 Å². The molecule has 2 aliphatic rings. The summed E-state index contributed by atoms with van der Waals surface area (Å²) in [5, 5.41) is 0. The van der Waals surface area contributed by atoms with Crippen LogP contribution in [0.25, 0.3) is 0 Å². The molecule has 1 fully saturated rings. The maximum atomic E-state index is 13.3. The summed E-state index contributed by atoms with van der Waals surface area (Å²) >= 11 is 0. The summed E-state index contributed by atoms with van der Waals surface area (Å²) in [5.41, 5.74) is 2.44. The normalized spacial score (nSPS) is 20.7. The largest absolute Gasteiger partial charge is 0.310 e. The van der Waals surface area contributed by atoms with Crippen molar-refractivity contribution in [3.63, 3.8) is 0 Å². The molecule has 0 bridgehead atoms. The minimum absolute atomic E-state index is 0.107. The van der Waals surface area contributed by atoms with Gasteiger partial charge in [-0.25, -0.2) is 13.2 Å². The Morgan fingerprint density at radius 2 is 1.90 bits per heavy atom. The van der Waals surface area contributed by atoms with E-state index in [0.717, 1.165) is 0 Å². The Morgan fingerprint density at radius 1 is 1.21 bits per heavy atom. The highest BCUT2D eigenvalue weighted by atomic mass is 19.3. The third-order valence-corrected chi connectivity index (χ3v) is 5.61. The molecule has 4 nitrogen and oxygen atoms in total. The highest BCUT2D eigenvalue weighted by molar-refractivity contribution is 5.98. The number of ketones is 1. The van der Waals surface area contributed by atoms with Gasteiger partial charge in [-0.15, -0.1) is 0 Å². The Morgan fingerprint density at radius 3 is 2.55 bits per heavy atom. The molecule has 0 saturated heterocycles. The van der Waals surface area contributed by atoms with Crippen LogP contribution in [0.1, 0.15) is 53.8 Å². The molecule has 2 aromatic rings. The smallest absolute Gasteiger partial charge is 0.260 e. The first-order chi connectivity index (χ1) is 13.8. The number of anilines is 1. The molecule has 0 N–H and O–H groups in total. The lowest BCUT2D eigenvalue weighted by Gasteiger charge is -2.29. The van der Waals surface area contributed by atoms with Gasteiger partial charge in [0.1, 0.15) is 11.7 Å². The lowest BCUT2D eigenvalue weighted by Crippen LogP contribution is -2.38. The number of alkyl halides is 2. The first kappa shape index (κ1) is 19.6. The summed E-state index contributed by atoms with van der Waals surface area (Å²) in [6.07, 6.45) is 1.16. The third-order valence-electron chi connectivity index (χ3n) is 5.61. The van der Waals surface area contributed by atoms with Crippen LogP contribution in [-0.2, 0) is 11.2 Å². The van der Waals surface area contributed by atoms with Crippen LogP contribution in [0.5, 0.6) is 0 Å². The van der Waals surface area contributed by atoms with E-state index in [0.29, 0.717) is 42.0 Å². The molecule has 0 spiro atoms. The molecule has 1 saturated carbocycles. The van der Waals surface area contributed by atoms with Crippen LogP contribution in [0.2, 0.25) is 0 Å². The highest BCUT2D eigenvalue weighted by Gasteiger charge is 2.62. The number of pyridine rings is 1. The third kappa shape index (κ3) is 3.91. The van der Waals surface area contributed by atoms with Crippen molar-refractivity contribution < 1.29 is 22.8 Å². The molecule has 1 aliphatic heterocycles. The second-order valence-corrected chi connectivity index (χ2v) is 7.85. The summed E-state index contributed by atoms with van der Waals surface area (Å²) < 4.78 is 39.7. The quantitative estimate of drug-likeness (QED) is 0.691. The van der Waals surface area contributed by atoms with Crippen molar-refractivity contribution in [2.24, 2.45) is 5.92 Å². The van der Waals surface area contributed by atoms with Gasteiger partial charge in [0.05, 0.1) is 11.4 Å². The van der Waals surface area contributed by atoms with E-state index in [2.05, 4.69) is 4.98 Å². The van der Waals surface area contributed by atoms with Gasteiger partial charge in [-0.3, -0.25) is 14.6 Å². The Bertz CT molecular complexity index is 959. The van der Waals surface area contributed by atoms with Gasteiger partial charge in [0, 0.05) is 36.6 Å². The van der Waals surface area contributed by atoms with Gasteiger partial charge in [0.2, 0.25) is 5.91 Å². The van der Waals surface area contributed by atoms with Crippen LogP contribution in [0.4, 0.5) is 18.9 Å². The van der Waals surface area contributed by atoms with Crippen LogP contribution in [-0.4, -0.2) is 29.1 Å². The number of carbonyl (C=O) groups excluding carboxylic acids is 2. The number of aryl methyl sites for hydroxylation is 1. The molecule has 0 radical (unpaired) electrons. The van der Waals surface area contributed by atoms with Crippen LogP contribution in [0.15, 0.2) is 36.4 Å². The SMILES string of the molecule is C[C@@H](CC(=O)c1ccc(F)cc1)c1ccc2c(n1)CCCN2C(=O)[C@@H]1CC1(F)F. The number of rotatable bonds is 5. The summed E-state index contributed by atoms with van der Waals surface area (Å²) in [6.45, 7) is 2.30. The number of nitrogens with zero attached hydrogens (tertiary/aromatic N) is 2. The van der Waals surface area contributed by atoms with E-state index in [1.165, 1.54) is 29.2 Å². The first-order valence-electron chi connectivity index (χ1n) is 9.74. The molecule has 152 valence electrons. The molecule has 2 heterocycles. The number of hydrogen-bond donors (Lipinski definition) is 0. The highest BCUT2D eigenvalue weighted by Crippen LogP contribution is 2.50. The van der Waals surface area contributed by atoms with Crippen molar-refractivity contribution >= 4 is 17.4 Å². The Kier molecular flexibility index (Phi) is 4.92. The summed E-state index contributed by atoms with van der Waals surface area (Å²) in [4.78, 5) is 30.9. The minimum atomic E-state index is -2.89. The summed E-state index contributed by atoms with van der Waals surface area (Å²) in [7, 11) is 0. The number of halogens is 3. The van der Waals surface area contributed by atoms with E-state index >= 15 is 0 Å². The average Bonchev–Trinajstić information content (AvgIpc) is 3.35. The zero-order valence-electron chi connectivity index (χ0n) is 16.0. The minimum Gasteiger partial charge on any atom is -0.310 e. The fourth-order valence-corrected chi connectivity index (χ4v) is 3.77. The van der Waals surface area contributed by atoms with Crippen LogP contribution < -0.4 is 4.90 Å². The van der Waals surface area contributed by atoms with Gasteiger partial charge in [-0.05, 0) is 49.2 Å². The van der Waals surface area contributed by atoms with Gasteiger partial charge in [-0.2, -0.15) is 0 Å². The van der Waals surface area contributed by atoms with E-state index in [4.69, 9.17) is 0 Å². The molecule has 1 aromatic carbocycles. The number of benzene rings is 1. The molecule has 1 aromatic heterocycles. The fourth-order valence-electron chi connectivity index (χ4n) is 3.77. The number of aromatic nitrogens is 1. The van der Waals surface area contributed by atoms with E-state index in [9.17, 15) is 22.8 Å². The zero-order chi connectivity index (χ0) is 20.8. The second kappa shape index (κ2) is 7.28. The maximum Gasteiger partial charge on any atom is 0.260 e.